The Balaban J connectivity index is 1.45. The monoisotopic (exact) mass is 489 g/mol. The molecule has 1 saturated heterocycles. The van der Waals surface area contributed by atoms with Crippen molar-refractivity contribution in [1.29, 1.82) is 0 Å². The van der Waals surface area contributed by atoms with Crippen molar-refractivity contribution < 1.29 is 32.5 Å². The number of aromatic hydroxyl groups is 1. The van der Waals surface area contributed by atoms with Gasteiger partial charge in [0, 0.05) is 6.54 Å². The van der Waals surface area contributed by atoms with Crippen LogP contribution in [0.3, 0.4) is 0 Å². The molecule has 35 heavy (non-hydrogen) atoms. The van der Waals surface area contributed by atoms with Crippen LogP contribution in [0.5, 0.6) is 17.4 Å². The SMILES string of the molecule is COc1ccc(CC(=O)N2CC3CC2c2c(O)n(-c4cccc(C(F)(F)F)c4)c(=O)n23)cc1OC. The van der Waals surface area contributed by atoms with Gasteiger partial charge in [0.25, 0.3) is 0 Å². The van der Waals surface area contributed by atoms with Crippen LogP contribution in [0, 0.1) is 0 Å². The van der Waals surface area contributed by atoms with Crippen molar-refractivity contribution in [1.82, 2.24) is 14.0 Å². The Bertz CT molecular complexity index is 1380. The Kier molecular flexibility index (Phi) is 5.30. The number of benzene rings is 2. The van der Waals surface area contributed by atoms with E-state index in [1.165, 1.54) is 30.9 Å². The largest absolute Gasteiger partial charge is 0.493 e. The van der Waals surface area contributed by atoms with Gasteiger partial charge in [0.15, 0.2) is 11.5 Å². The fourth-order valence-corrected chi connectivity index (χ4v) is 5.04. The topological polar surface area (TPSA) is 85.9 Å². The number of rotatable bonds is 5. The number of carbonyl (C=O) groups is 1. The summed E-state index contributed by atoms with van der Waals surface area (Å²) in [6.45, 7) is 0.274. The number of likely N-dealkylation sites (tertiary alicyclic amines) is 1. The highest BCUT2D eigenvalue weighted by atomic mass is 19.4. The first-order chi connectivity index (χ1) is 16.6. The lowest BCUT2D eigenvalue weighted by molar-refractivity contribution is -0.137. The van der Waals surface area contributed by atoms with Crippen molar-refractivity contribution in [2.45, 2.75) is 31.1 Å². The Labute approximate surface area is 197 Å². The van der Waals surface area contributed by atoms with Crippen LogP contribution in [-0.4, -0.2) is 45.8 Å². The maximum absolute atomic E-state index is 13.2. The van der Waals surface area contributed by atoms with Gasteiger partial charge in [-0.15, -0.1) is 0 Å². The quantitative estimate of drug-likeness (QED) is 0.594. The molecule has 3 aromatic rings. The molecule has 2 unspecified atom stereocenters. The molecule has 0 aliphatic carbocycles. The molecule has 11 heteroatoms. The normalized spacial score (nSPS) is 18.6. The van der Waals surface area contributed by atoms with E-state index in [9.17, 15) is 27.9 Å². The molecule has 8 nitrogen and oxygen atoms in total. The van der Waals surface area contributed by atoms with Gasteiger partial charge in [0.05, 0.1) is 44.0 Å². The summed E-state index contributed by atoms with van der Waals surface area (Å²) >= 11 is 0. The molecule has 1 amide bonds. The number of alkyl halides is 3. The predicted molar refractivity (Wildman–Crippen MR) is 118 cm³/mol. The van der Waals surface area contributed by atoms with Crippen LogP contribution >= 0.6 is 0 Å². The summed E-state index contributed by atoms with van der Waals surface area (Å²) in [5.41, 5.74) is -0.701. The zero-order valence-electron chi connectivity index (χ0n) is 18.9. The molecule has 1 aromatic heterocycles. The summed E-state index contributed by atoms with van der Waals surface area (Å²) in [5.74, 6) is 0.374. The van der Waals surface area contributed by atoms with Crippen LogP contribution in [0.15, 0.2) is 47.3 Å². The highest BCUT2D eigenvalue weighted by Gasteiger charge is 2.49. The number of hydrogen-bond acceptors (Lipinski definition) is 5. The van der Waals surface area contributed by atoms with E-state index in [2.05, 4.69) is 0 Å². The number of methoxy groups -OCH3 is 2. The van der Waals surface area contributed by atoms with Gasteiger partial charge < -0.3 is 19.5 Å². The van der Waals surface area contributed by atoms with Gasteiger partial charge in [0.2, 0.25) is 11.8 Å². The first-order valence-electron chi connectivity index (χ1n) is 10.9. The number of fused-ring (bicyclic) bond motifs is 5. The van der Waals surface area contributed by atoms with E-state index in [0.717, 1.165) is 16.7 Å². The van der Waals surface area contributed by atoms with E-state index in [-0.39, 0.29) is 36.3 Å². The summed E-state index contributed by atoms with van der Waals surface area (Å²) in [6, 6.07) is 8.48. The molecule has 0 radical (unpaired) electrons. The Morgan fingerprint density at radius 2 is 1.86 bits per heavy atom. The zero-order chi connectivity index (χ0) is 25.1. The van der Waals surface area contributed by atoms with Crippen molar-refractivity contribution in [3.05, 3.63) is 69.8 Å². The molecule has 2 bridgehead atoms. The second-order valence-corrected chi connectivity index (χ2v) is 8.56. The van der Waals surface area contributed by atoms with Gasteiger partial charge in [-0.05, 0) is 42.3 Å². The third-order valence-electron chi connectivity index (χ3n) is 6.61. The first-order valence-corrected chi connectivity index (χ1v) is 10.9. The minimum atomic E-state index is -4.59. The van der Waals surface area contributed by atoms with E-state index in [1.54, 1.807) is 23.1 Å². The average molecular weight is 489 g/mol. The average Bonchev–Trinajstić information content (AvgIpc) is 3.49. The number of halogens is 3. The lowest BCUT2D eigenvalue weighted by atomic mass is 10.1. The van der Waals surface area contributed by atoms with Crippen LogP contribution < -0.4 is 15.2 Å². The van der Waals surface area contributed by atoms with Gasteiger partial charge >= 0.3 is 11.9 Å². The minimum absolute atomic E-state index is 0.0723. The number of hydrogen-bond donors (Lipinski definition) is 1. The molecule has 2 atom stereocenters. The maximum Gasteiger partial charge on any atom is 0.416 e. The predicted octanol–water partition coefficient (Wildman–Crippen LogP) is 3.45. The molecule has 0 spiro atoms. The molecule has 3 heterocycles. The molecule has 5 rings (SSSR count). The molecular weight excluding hydrogens is 467 g/mol. The fourth-order valence-electron chi connectivity index (χ4n) is 5.04. The molecule has 184 valence electrons. The second-order valence-electron chi connectivity index (χ2n) is 8.56. The summed E-state index contributed by atoms with van der Waals surface area (Å²) in [5, 5.41) is 10.9. The second kappa shape index (κ2) is 8.10. The van der Waals surface area contributed by atoms with Crippen molar-refractivity contribution in [2.75, 3.05) is 20.8 Å². The minimum Gasteiger partial charge on any atom is -0.493 e. The van der Waals surface area contributed by atoms with Gasteiger partial charge in [-0.2, -0.15) is 13.2 Å². The molecule has 0 saturated carbocycles. The van der Waals surface area contributed by atoms with Crippen LogP contribution in [0.25, 0.3) is 5.69 Å². The van der Waals surface area contributed by atoms with Crippen LogP contribution in [-0.2, 0) is 17.4 Å². The Morgan fingerprint density at radius 3 is 2.54 bits per heavy atom. The highest BCUT2D eigenvalue weighted by Crippen LogP contribution is 2.49. The third-order valence-corrected chi connectivity index (χ3v) is 6.61. The van der Waals surface area contributed by atoms with E-state index in [1.807, 2.05) is 0 Å². The smallest absolute Gasteiger partial charge is 0.416 e. The number of nitrogens with zero attached hydrogens (tertiary/aromatic N) is 3. The fraction of sp³-hybridized carbons (Fsp3) is 0.333. The van der Waals surface area contributed by atoms with Crippen molar-refractivity contribution in [2.24, 2.45) is 0 Å². The van der Waals surface area contributed by atoms with E-state index >= 15 is 0 Å². The van der Waals surface area contributed by atoms with Gasteiger partial charge in [-0.3, -0.25) is 9.36 Å². The molecule has 2 aliphatic heterocycles. The first kappa shape index (κ1) is 22.9. The molecule has 1 fully saturated rings. The number of ether oxygens (including phenoxy) is 2. The van der Waals surface area contributed by atoms with Gasteiger partial charge in [-0.25, -0.2) is 9.36 Å². The van der Waals surface area contributed by atoms with E-state index in [4.69, 9.17) is 9.47 Å². The van der Waals surface area contributed by atoms with E-state index in [0.29, 0.717) is 23.5 Å². The summed E-state index contributed by atoms with van der Waals surface area (Å²) < 4.78 is 52.3. The summed E-state index contributed by atoms with van der Waals surface area (Å²) in [6.07, 6.45) is -4.06. The van der Waals surface area contributed by atoms with Crippen LogP contribution in [0.2, 0.25) is 0 Å². The van der Waals surface area contributed by atoms with Crippen molar-refractivity contribution in [3.63, 3.8) is 0 Å². The standard InChI is InChI=1S/C24H22F3N3O5/c1-34-18-7-6-13(8-19(18)35-2)9-20(31)28-12-16-11-17(28)21-22(32)30(23(33)29(16)21)15-5-3-4-14(10-15)24(25,26)27/h3-8,10,16-17,32H,9,11-12H2,1-2H3. The highest BCUT2D eigenvalue weighted by molar-refractivity contribution is 5.80. The molecule has 2 aromatic carbocycles. The molecule has 2 aliphatic rings. The van der Waals surface area contributed by atoms with Gasteiger partial charge in [0.1, 0.15) is 5.69 Å². The number of imidazole rings is 1. The Hall–Kier alpha value is -3.89. The van der Waals surface area contributed by atoms with Gasteiger partial charge in [-0.1, -0.05) is 12.1 Å². The number of aromatic nitrogens is 2. The van der Waals surface area contributed by atoms with Crippen LogP contribution in [0.1, 0.15) is 35.3 Å². The van der Waals surface area contributed by atoms with Crippen LogP contribution in [0.4, 0.5) is 13.2 Å². The lowest BCUT2D eigenvalue weighted by Gasteiger charge is -2.28. The van der Waals surface area contributed by atoms with Crippen molar-refractivity contribution in [3.8, 4) is 23.1 Å². The third kappa shape index (κ3) is 3.62. The van der Waals surface area contributed by atoms with E-state index < -0.39 is 29.4 Å². The summed E-state index contributed by atoms with van der Waals surface area (Å²) in [7, 11) is 3.02. The van der Waals surface area contributed by atoms with Crippen molar-refractivity contribution >= 4 is 5.91 Å². The lowest BCUT2D eigenvalue weighted by Crippen LogP contribution is -2.38. The maximum atomic E-state index is 13.2. The number of carbonyl (C=O) groups excluding carboxylic acids is 1. The Morgan fingerprint density at radius 1 is 1.11 bits per heavy atom. The molecule has 1 N–H and O–H groups in total. The number of amides is 1. The summed E-state index contributed by atoms with van der Waals surface area (Å²) in [4.78, 5) is 27.8. The zero-order valence-corrected chi connectivity index (χ0v) is 18.9. The molecular formula is C24H22F3N3O5.